The Kier molecular flexibility index (Phi) is 9.29. The van der Waals surface area contributed by atoms with Crippen LogP contribution in [-0.2, 0) is 0 Å². The van der Waals surface area contributed by atoms with Gasteiger partial charge in [0.2, 0.25) is 0 Å². The van der Waals surface area contributed by atoms with Crippen molar-refractivity contribution >= 4 is 17.8 Å². The zero-order chi connectivity index (χ0) is 21.1. The quantitative estimate of drug-likeness (QED) is 0.461. The molecule has 0 saturated heterocycles. The lowest BCUT2D eigenvalue weighted by molar-refractivity contribution is 0.202. The van der Waals surface area contributed by atoms with Crippen molar-refractivity contribution in [1.82, 2.24) is 4.90 Å². The van der Waals surface area contributed by atoms with E-state index in [-0.39, 0.29) is 12.1 Å². The molecule has 0 bridgehead atoms. The molecule has 4 heteroatoms. The Morgan fingerprint density at radius 1 is 1.07 bits per heavy atom. The van der Waals surface area contributed by atoms with Gasteiger partial charge >= 0.3 is 6.03 Å². The number of urea groups is 1. The highest BCUT2D eigenvalue weighted by Crippen LogP contribution is 2.19. The summed E-state index contributed by atoms with van der Waals surface area (Å²) in [5, 5.41) is 3.02. The first-order valence-electron chi connectivity index (χ1n) is 10.5. The van der Waals surface area contributed by atoms with Crippen molar-refractivity contribution in [2.24, 2.45) is 0 Å². The number of ether oxygens (including phenoxy) is 1. The monoisotopic (exact) mass is 394 g/mol. The number of nitrogens with one attached hydrogen (secondary N) is 1. The van der Waals surface area contributed by atoms with Gasteiger partial charge in [-0.15, -0.1) is 0 Å². The predicted molar refractivity (Wildman–Crippen MR) is 122 cm³/mol. The largest absolute Gasteiger partial charge is 0.497 e. The van der Waals surface area contributed by atoms with E-state index >= 15 is 0 Å². The molecule has 0 radical (unpaired) electrons. The minimum atomic E-state index is -0.0837. The molecule has 0 fully saturated rings. The topological polar surface area (TPSA) is 41.6 Å². The Morgan fingerprint density at radius 3 is 2.34 bits per heavy atom. The molecule has 2 aromatic rings. The molecule has 0 atom stereocenters. The highest BCUT2D eigenvalue weighted by atomic mass is 16.5. The second kappa shape index (κ2) is 11.9. The third kappa shape index (κ3) is 7.65. The second-order valence-corrected chi connectivity index (χ2v) is 7.55. The Balaban J connectivity index is 2.14. The van der Waals surface area contributed by atoms with Gasteiger partial charge in [-0.1, -0.05) is 61.7 Å². The summed E-state index contributed by atoms with van der Waals surface area (Å²) in [5.41, 5.74) is 3.22. The van der Waals surface area contributed by atoms with Crippen molar-refractivity contribution in [2.75, 3.05) is 19.0 Å². The fourth-order valence-corrected chi connectivity index (χ4v) is 3.16. The molecular weight excluding hydrogens is 360 g/mol. The maximum atomic E-state index is 13.0. The maximum Gasteiger partial charge on any atom is 0.322 e. The number of rotatable bonds is 10. The van der Waals surface area contributed by atoms with Crippen molar-refractivity contribution < 1.29 is 9.53 Å². The van der Waals surface area contributed by atoms with Gasteiger partial charge in [0.25, 0.3) is 0 Å². The number of benzene rings is 2. The SMILES string of the molecule is CCCCC/C(=C\c1ccccc1)CN(C(=O)Nc1ccc(OC)cc1)C(C)C. The lowest BCUT2D eigenvalue weighted by atomic mass is 10.0. The van der Waals surface area contributed by atoms with Crippen LogP contribution < -0.4 is 10.1 Å². The van der Waals surface area contributed by atoms with Crippen molar-refractivity contribution in [3.8, 4) is 5.75 Å². The molecule has 0 heterocycles. The van der Waals surface area contributed by atoms with Gasteiger partial charge in [-0.2, -0.15) is 0 Å². The third-order valence-electron chi connectivity index (χ3n) is 4.87. The molecule has 2 aromatic carbocycles. The average Bonchev–Trinajstić information content (AvgIpc) is 2.73. The number of carbonyl (C=O) groups is 1. The van der Waals surface area contributed by atoms with Gasteiger partial charge < -0.3 is 15.0 Å². The minimum Gasteiger partial charge on any atom is -0.497 e. The summed E-state index contributed by atoms with van der Waals surface area (Å²) in [6.07, 6.45) is 6.75. The zero-order valence-electron chi connectivity index (χ0n) is 18.2. The zero-order valence-corrected chi connectivity index (χ0v) is 18.2. The fourth-order valence-electron chi connectivity index (χ4n) is 3.16. The molecule has 2 amide bonds. The highest BCUT2D eigenvalue weighted by molar-refractivity contribution is 5.89. The van der Waals surface area contributed by atoms with Crippen molar-refractivity contribution in [3.63, 3.8) is 0 Å². The first-order valence-corrected chi connectivity index (χ1v) is 10.5. The van der Waals surface area contributed by atoms with E-state index in [4.69, 9.17) is 4.74 Å². The molecule has 2 rings (SSSR count). The maximum absolute atomic E-state index is 13.0. The molecule has 29 heavy (non-hydrogen) atoms. The van der Waals surface area contributed by atoms with Crippen LogP contribution in [0.4, 0.5) is 10.5 Å². The number of unbranched alkanes of at least 4 members (excludes halogenated alkanes) is 2. The Morgan fingerprint density at radius 2 is 1.76 bits per heavy atom. The Hall–Kier alpha value is -2.75. The molecule has 4 nitrogen and oxygen atoms in total. The third-order valence-corrected chi connectivity index (χ3v) is 4.87. The van der Waals surface area contributed by atoms with Gasteiger partial charge in [-0.3, -0.25) is 0 Å². The molecule has 0 saturated carbocycles. The molecule has 0 spiro atoms. The normalized spacial score (nSPS) is 11.4. The van der Waals surface area contributed by atoms with E-state index in [2.05, 4.69) is 44.3 Å². The smallest absolute Gasteiger partial charge is 0.322 e. The molecule has 0 aliphatic carbocycles. The molecule has 0 aliphatic rings. The summed E-state index contributed by atoms with van der Waals surface area (Å²) in [4.78, 5) is 14.9. The van der Waals surface area contributed by atoms with Crippen molar-refractivity contribution in [3.05, 3.63) is 65.7 Å². The first kappa shape index (κ1) is 22.5. The number of hydrogen-bond acceptors (Lipinski definition) is 2. The molecule has 0 unspecified atom stereocenters. The van der Waals surface area contributed by atoms with E-state index in [0.717, 1.165) is 24.3 Å². The molecular formula is C25H34N2O2. The molecule has 0 aromatic heterocycles. The van der Waals surface area contributed by atoms with Crippen LogP contribution >= 0.6 is 0 Å². The number of carbonyl (C=O) groups excluding carboxylic acids is 1. The molecule has 0 aliphatic heterocycles. The van der Waals surface area contributed by atoms with E-state index < -0.39 is 0 Å². The fraction of sp³-hybridized carbons (Fsp3) is 0.400. The lowest BCUT2D eigenvalue weighted by Crippen LogP contribution is -2.41. The number of anilines is 1. The summed E-state index contributed by atoms with van der Waals surface area (Å²) < 4.78 is 5.19. The van der Waals surface area contributed by atoms with Gasteiger partial charge in [0, 0.05) is 18.3 Å². The van der Waals surface area contributed by atoms with E-state index in [1.165, 1.54) is 24.0 Å². The van der Waals surface area contributed by atoms with Crippen LogP contribution in [0.3, 0.4) is 0 Å². The lowest BCUT2D eigenvalue weighted by Gasteiger charge is -2.28. The van der Waals surface area contributed by atoms with Crippen LogP contribution in [0.5, 0.6) is 5.75 Å². The van der Waals surface area contributed by atoms with Gasteiger partial charge in [0.1, 0.15) is 5.75 Å². The van der Waals surface area contributed by atoms with Crippen molar-refractivity contribution in [1.29, 1.82) is 0 Å². The van der Waals surface area contributed by atoms with Gasteiger partial charge in [-0.25, -0.2) is 4.79 Å². The van der Waals surface area contributed by atoms with Crippen LogP contribution in [-0.4, -0.2) is 30.6 Å². The Bertz CT molecular complexity index is 767. The van der Waals surface area contributed by atoms with E-state index in [0.29, 0.717) is 6.54 Å². The highest BCUT2D eigenvalue weighted by Gasteiger charge is 2.18. The first-order chi connectivity index (χ1) is 14.0. The summed E-state index contributed by atoms with van der Waals surface area (Å²) >= 11 is 0. The Labute approximate surface area is 175 Å². The average molecular weight is 395 g/mol. The van der Waals surface area contributed by atoms with Gasteiger partial charge in [0.05, 0.1) is 7.11 Å². The summed E-state index contributed by atoms with van der Waals surface area (Å²) in [6.45, 7) is 6.95. The predicted octanol–water partition coefficient (Wildman–Crippen LogP) is 6.60. The van der Waals surface area contributed by atoms with Crippen LogP contribution in [0.1, 0.15) is 52.0 Å². The molecule has 156 valence electrons. The number of amides is 2. The second-order valence-electron chi connectivity index (χ2n) is 7.55. The van der Waals surface area contributed by atoms with Crippen LogP contribution in [0.15, 0.2) is 60.2 Å². The molecule has 1 N–H and O–H groups in total. The van der Waals surface area contributed by atoms with E-state index in [1.54, 1.807) is 7.11 Å². The van der Waals surface area contributed by atoms with Gasteiger partial charge in [0.15, 0.2) is 0 Å². The summed E-state index contributed by atoms with van der Waals surface area (Å²) in [5.74, 6) is 0.771. The van der Waals surface area contributed by atoms with Gasteiger partial charge in [-0.05, 0) is 56.5 Å². The number of hydrogen-bond donors (Lipinski definition) is 1. The number of nitrogens with zero attached hydrogens (tertiary/aromatic N) is 1. The number of methoxy groups -OCH3 is 1. The van der Waals surface area contributed by atoms with E-state index in [1.807, 2.05) is 47.4 Å². The minimum absolute atomic E-state index is 0.0837. The van der Waals surface area contributed by atoms with Crippen LogP contribution in [0, 0.1) is 0 Å². The van der Waals surface area contributed by atoms with Crippen LogP contribution in [0.2, 0.25) is 0 Å². The summed E-state index contributed by atoms with van der Waals surface area (Å²) in [6, 6.07) is 17.8. The van der Waals surface area contributed by atoms with E-state index in [9.17, 15) is 4.79 Å². The summed E-state index contributed by atoms with van der Waals surface area (Å²) in [7, 11) is 1.63. The van der Waals surface area contributed by atoms with Crippen LogP contribution in [0.25, 0.3) is 6.08 Å². The standard InChI is InChI=1S/C25H34N2O2/c1-5-6-8-13-22(18-21-11-9-7-10-12-21)19-27(20(2)3)25(28)26-23-14-16-24(29-4)17-15-23/h7,9-12,14-18,20H,5-6,8,13,19H2,1-4H3,(H,26,28)/b22-18+. The van der Waals surface area contributed by atoms with Crippen molar-refractivity contribution in [2.45, 2.75) is 52.5 Å².